The van der Waals surface area contributed by atoms with Gasteiger partial charge in [0, 0.05) is 18.8 Å². The molecular weight excluding hydrogens is 394 g/mol. The Morgan fingerprint density at radius 1 is 1.16 bits per heavy atom. The van der Waals surface area contributed by atoms with E-state index in [1.807, 2.05) is 6.07 Å². The third-order valence-electron chi connectivity index (χ3n) is 7.21. The van der Waals surface area contributed by atoms with E-state index in [1.165, 1.54) is 50.7 Å². The van der Waals surface area contributed by atoms with E-state index in [-0.39, 0.29) is 18.1 Å². The standard InChI is InChI=1S/C24H33N3O4/c28-22(27-30)11-10-20-9-7-17(14-25-20)15-26-23(18-4-2-1-3-5-18)24(29)31-21-13-16-6-8-19(21)12-16/h7,9-11,14,16,18-19,21,23,26,30H,1-6,8,12-13,15H2,(H,27,28)/t16?,19?,21?,23-/m0/s1. The van der Waals surface area contributed by atoms with Crippen molar-refractivity contribution >= 4 is 18.0 Å². The summed E-state index contributed by atoms with van der Waals surface area (Å²) in [5, 5.41) is 12.0. The molecule has 7 heteroatoms. The van der Waals surface area contributed by atoms with Crippen molar-refractivity contribution in [2.75, 3.05) is 0 Å². The van der Waals surface area contributed by atoms with Gasteiger partial charge >= 0.3 is 5.97 Å². The number of esters is 1. The van der Waals surface area contributed by atoms with Gasteiger partial charge in [0.15, 0.2) is 0 Å². The van der Waals surface area contributed by atoms with Gasteiger partial charge in [-0.3, -0.25) is 19.8 Å². The van der Waals surface area contributed by atoms with Crippen molar-refractivity contribution in [3.05, 3.63) is 35.7 Å². The zero-order chi connectivity index (χ0) is 21.6. The first-order valence-electron chi connectivity index (χ1n) is 11.6. The first-order chi connectivity index (χ1) is 15.1. The molecule has 3 saturated carbocycles. The maximum absolute atomic E-state index is 13.2. The molecule has 4 atom stereocenters. The average Bonchev–Trinajstić information content (AvgIpc) is 3.42. The molecule has 4 rings (SSSR count). The predicted octanol–water partition coefficient (Wildman–Crippen LogP) is 3.37. The number of carbonyl (C=O) groups is 2. The second-order valence-electron chi connectivity index (χ2n) is 9.31. The number of hydroxylamine groups is 1. The molecule has 3 unspecified atom stereocenters. The van der Waals surface area contributed by atoms with Crippen LogP contribution in [0.15, 0.2) is 24.4 Å². The molecule has 0 aromatic carbocycles. The fraction of sp³-hybridized carbons (Fsp3) is 0.625. The molecule has 1 heterocycles. The van der Waals surface area contributed by atoms with Gasteiger partial charge in [0.2, 0.25) is 0 Å². The fourth-order valence-electron chi connectivity index (χ4n) is 5.53. The minimum atomic E-state index is -0.600. The first kappa shape index (κ1) is 22.0. The number of pyridine rings is 1. The van der Waals surface area contributed by atoms with Crippen molar-refractivity contribution in [2.24, 2.45) is 17.8 Å². The van der Waals surface area contributed by atoms with Crippen LogP contribution in [0.1, 0.15) is 69.0 Å². The fourth-order valence-corrected chi connectivity index (χ4v) is 5.53. The number of rotatable bonds is 8. The SMILES string of the molecule is O=C(C=Cc1ccc(CN[C@H](C(=O)OC2CC3CCC2C3)C2CCCCC2)cn1)NO. The van der Waals surface area contributed by atoms with Crippen molar-refractivity contribution < 1.29 is 19.5 Å². The number of amides is 1. The summed E-state index contributed by atoms with van der Waals surface area (Å²) in [6.07, 6.45) is 15.1. The average molecular weight is 428 g/mol. The zero-order valence-corrected chi connectivity index (χ0v) is 18.0. The van der Waals surface area contributed by atoms with Crippen LogP contribution < -0.4 is 10.8 Å². The molecule has 1 aromatic heterocycles. The highest BCUT2D eigenvalue weighted by Gasteiger charge is 2.43. The number of nitrogens with zero attached hydrogens (tertiary/aromatic N) is 1. The second-order valence-corrected chi connectivity index (χ2v) is 9.31. The van der Waals surface area contributed by atoms with Crippen LogP contribution in [0.25, 0.3) is 6.08 Å². The Balaban J connectivity index is 1.36. The zero-order valence-electron chi connectivity index (χ0n) is 18.0. The van der Waals surface area contributed by atoms with E-state index in [2.05, 4.69) is 10.3 Å². The Morgan fingerprint density at radius 2 is 2.00 bits per heavy atom. The lowest BCUT2D eigenvalue weighted by Gasteiger charge is -2.31. The normalized spacial score (nSPS) is 26.8. The lowest BCUT2D eigenvalue weighted by molar-refractivity contribution is -0.156. The number of ether oxygens (including phenoxy) is 1. The predicted molar refractivity (Wildman–Crippen MR) is 116 cm³/mol. The van der Waals surface area contributed by atoms with Gasteiger partial charge in [0.25, 0.3) is 5.91 Å². The smallest absolute Gasteiger partial charge is 0.323 e. The Kier molecular flexibility index (Phi) is 7.35. The van der Waals surface area contributed by atoms with Crippen LogP contribution in [0.3, 0.4) is 0 Å². The Labute approximate surface area is 183 Å². The summed E-state index contributed by atoms with van der Waals surface area (Å²) in [6, 6.07) is 3.46. The summed E-state index contributed by atoms with van der Waals surface area (Å²) < 4.78 is 6.05. The maximum atomic E-state index is 13.2. The van der Waals surface area contributed by atoms with Gasteiger partial charge in [-0.25, -0.2) is 5.48 Å². The lowest BCUT2D eigenvalue weighted by atomic mass is 9.83. The molecule has 31 heavy (non-hydrogen) atoms. The van der Waals surface area contributed by atoms with E-state index in [0.29, 0.717) is 24.1 Å². The topological polar surface area (TPSA) is 101 Å². The van der Waals surface area contributed by atoms with Crippen LogP contribution in [0, 0.1) is 17.8 Å². The summed E-state index contributed by atoms with van der Waals surface area (Å²) in [7, 11) is 0. The van der Waals surface area contributed by atoms with Crippen LogP contribution in [-0.4, -0.2) is 34.2 Å². The van der Waals surface area contributed by atoms with Gasteiger partial charge in [0.05, 0.1) is 5.69 Å². The number of fused-ring (bicyclic) bond motifs is 2. The van der Waals surface area contributed by atoms with Crippen molar-refractivity contribution in [3.8, 4) is 0 Å². The molecule has 3 fully saturated rings. The monoisotopic (exact) mass is 427 g/mol. The molecule has 0 aliphatic heterocycles. The van der Waals surface area contributed by atoms with Gasteiger partial charge < -0.3 is 10.1 Å². The van der Waals surface area contributed by atoms with Gasteiger partial charge in [0.1, 0.15) is 12.1 Å². The van der Waals surface area contributed by atoms with E-state index in [9.17, 15) is 9.59 Å². The Bertz CT molecular complexity index is 789. The summed E-state index contributed by atoms with van der Waals surface area (Å²) in [4.78, 5) is 28.6. The highest BCUT2D eigenvalue weighted by molar-refractivity contribution is 5.90. The molecule has 7 nitrogen and oxygen atoms in total. The van der Waals surface area contributed by atoms with Crippen LogP contribution in [0.4, 0.5) is 0 Å². The van der Waals surface area contributed by atoms with Crippen molar-refractivity contribution in [2.45, 2.75) is 76.5 Å². The lowest BCUT2D eigenvalue weighted by Crippen LogP contribution is -2.46. The Hall–Kier alpha value is -2.25. The van der Waals surface area contributed by atoms with Crippen LogP contribution >= 0.6 is 0 Å². The van der Waals surface area contributed by atoms with E-state index < -0.39 is 5.91 Å². The maximum Gasteiger partial charge on any atom is 0.323 e. The molecule has 1 aromatic rings. The van der Waals surface area contributed by atoms with E-state index >= 15 is 0 Å². The molecule has 1 amide bonds. The summed E-state index contributed by atoms with van der Waals surface area (Å²) >= 11 is 0. The van der Waals surface area contributed by atoms with Gasteiger partial charge in [-0.05, 0) is 74.0 Å². The van der Waals surface area contributed by atoms with Crippen molar-refractivity contribution in [1.29, 1.82) is 0 Å². The van der Waals surface area contributed by atoms with Gasteiger partial charge in [-0.15, -0.1) is 0 Å². The van der Waals surface area contributed by atoms with Gasteiger partial charge in [-0.2, -0.15) is 0 Å². The van der Waals surface area contributed by atoms with Crippen LogP contribution in [0.2, 0.25) is 0 Å². The molecule has 0 radical (unpaired) electrons. The molecule has 3 N–H and O–H groups in total. The highest BCUT2D eigenvalue weighted by Crippen LogP contribution is 2.46. The van der Waals surface area contributed by atoms with Crippen LogP contribution in [0.5, 0.6) is 0 Å². The number of hydrogen-bond acceptors (Lipinski definition) is 6. The quantitative estimate of drug-likeness (QED) is 0.255. The minimum Gasteiger partial charge on any atom is -0.461 e. The number of carbonyl (C=O) groups excluding carboxylic acids is 2. The minimum absolute atomic E-state index is 0.0769. The highest BCUT2D eigenvalue weighted by atomic mass is 16.5. The molecule has 0 spiro atoms. The van der Waals surface area contributed by atoms with Gasteiger partial charge in [-0.1, -0.05) is 25.3 Å². The third kappa shape index (κ3) is 5.71. The number of aromatic nitrogens is 1. The molecule has 0 saturated heterocycles. The first-order valence-corrected chi connectivity index (χ1v) is 11.6. The van der Waals surface area contributed by atoms with Crippen LogP contribution in [-0.2, 0) is 20.9 Å². The van der Waals surface area contributed by atoms with Crippen molar-refractivity contribution in [3.63, 3.8) is 0 Å². The Morgan fingerprint density at radius 3 is 2.65 bits per heavy atom. The second kappa shape index (κ2) is 10.4. The van der Waals surface area contributed by atoms with Crippen molar-refractivity contribution in [1.82, 2.24) is 15.8 Å². The molecule has 2 bridgehead atoms. The van der Waals surface area contributed by atoms with E-state index in [1.54, 1.807) is 17.7 Å². The summed E-state index contributed by atoms with van der Waals surface area (Å²) in [5.74, 6) is 0.973. The van der Waals surface area contributed by atoms with E-state index in [4.69, 9.17) is 9.94 Å². The summed E-state index contributed by atoms with van der Waals surface area (Å²) in [5.41, 5.74) is 3.14. The summed E-state index contributed by atoms with van der Waals surface area (Å²) in [6.45, 7) is 0.543. The van der Waals surface area contributed by atoms with E-state index in [0.717, 1.165) is 30.7 Å². The molecule has 168 valence electrons. The molecule has 3 aliphatic carbocycles. The molecular formula is C24H33N3O4. The largest absolute Gasteiger partial charge is 0.461 e. The number of hydrogen-bond donors (Lipinski definition) is 3. The molecule has 3 aliphatic rings. The third-order valence-corrected chi connectivity index (χ3v) is 7.21. The number of nitrogens with one attached hydrogen (secondary N) is 2.